The fourth-order valence-corrected chi connectivity index (χ4v) is 2.82. The van der Waals surface area contributed by atoms with E-state index in [1.54, 1.807) is 11.0 Å². The zero-order valence-electron chi connectivity index (χ0n) is 14.4. The number of H-pyrrole nitrogens is 1. The van der Waals surface area contributed by atoms with Gasteiger partial charge in [-0.2, -0.15) is 5.10 Å². The largest absolute Gasteiger partial charge is 0.471 e. The Balaban J connectivity index is 1.62. The van der Waals surface area contributed by atoms with E-state index in [0.29, 0.717) is 24.5 Å². The predicted octanol–water partition coefficient (Wildman–Crippen LogP) is 1.18. The van der Waals surface area contributed by atoms with E-state index < -0.39 is 0 Å². The van der Waals surface area contributed by atoms with E-state index in [1.807, 2.05) is 38.9 Å². The van der Waals surface area contributed by atoms with Crippen LogP contribution in [-0.2, 0) is 0 Å². The summed E-state index contributed by atoms with van der Waals surface area (Å²) in [5, 5.41) is 15.1. The Labute approximate surface area is 140 Å². The van der Waals surface area contributed by atoms with Crippen molar-refractivity contribution in [2.24, 2.45) is 0 Å². The van der Waals surface area contributed by atoms with E-state index in [9.17, 15) is 4.79 Å². The standard InChI is InChI=1S/C16H22N6O2/c1-10-15(11(2)18-17-10)16(23)22-8-7-12(9-22)24-14-6-5-13(19-20-14)21(3)4/h5-6,12H,7-9H2,1-4H3,(H,17,18)/t12-/m1/s1. The lowest BCUT2D eigenvalue weighted by atomic mass is 10.2. The molecule has 0 radical (unpaired) electrons. The Morgan fingerprint density at radius 1 is 1.33 bits per heavy atom. The van der Waals surface area contributed by atoms with Crippen molar-refractivity contribution in [2.75, 3.05) is 32.1 Å². The number of carbonyl (C=O) groups is 1. The number of anilines is 1. The first-order valence-corrected chi connectivity index (χ1v) is 7.94. The molecular weight excluding hydrogens is 308 g/mol. The molecular formula is C16H22N6O2. The number of ether oxygens (including phenoxy) is 1. The van der Waals surface area contributed by atoms with Gasteiger partial charge in [-0.05, 0) is 19.9 Å². The number of nitrogens with one attached hydrogen (secondary N) is 1. The van der Waals surface area contributed by atoms with Crippen LogP contribution in [0.3, 0.4) is 0 Å². The quantitative estimate of drug-likeness (QED) is 0.906. The summed E-state index contributed by atoms with van der Waals surface area (Å²) in [6.45, 7) is 4.90. The minimum Gasteiger partial charge on any atom is -0.471 e. The van der Waals surface area contributed by atoms with Crippen molar-refractivity contribution in [2.45, 2.75) is 26.4 Å². The van der Waals surface area contributed by atoms with Gasteiger partial charge in [0.25, 0.3) is 5.91 Å². The molecule has 8 heteroatoms. The number of amides is 1. The summed E-state index contributed by atoms with van der Waals surface area (Å²) in [7, 11) is 3.82. The Kier molecular flexibility index (Phi) is 4.37. The van der Waals surface area contributed by atoms with E-state index in [0.717, 1.165) is 23.6 Å². The summed E-state index contributed by atoms with van der Waals surface area (Å²) >= 11 is 0. The average Bonchev–Trinajstić information content (AvgIpc) is 3.14. The predicted molar refractivity (Wildman–Crippen MR) is 89.4 cm³/mol. The van der Waals surface area contributed by atoms with Crippen molar-refractivity contribution in [3.63, 3.8) is 0 Å². The van der Waals surface area contributed by atoms with E-state index in [1.165, 1.54) is 0 Å². The van der Waals surface area contributed by atoms with Crippen LogP contribution in [0.1, 0.15) is 28.2 Å². The number of aryl methyl sites for hydroxylation is 2. The van der Waals surface area contributed by atoms with Crippen LogP contribution in [-0.4, -0.2) is 64.5 Å². The zero-order chi connectivity index (χ0) is 17.3. The monoisotopic (exact) mass is 330 g/mol. The van der Waals surface area contributed by atoms with Gasteiger partial charge in [0.15, 0.2) is 5.82 Å². The number of hydrogen-bond acceptors (Lipinski definition) is 6. The summed E-state index contributed by atoms with van der Waals surface area (Å²) in [6.07, 6.45) is 0.708. The molecule has 128 valence electrons. The van der Waals surface area contributed by atoms with E-state index in [-0.39, 0.29) is 12.0 Å². The zero-order valence-corrected chi connectivity index (χ0v) is 14.4. The minimum absolute atomic E-state index is 0.00103. The lowest BCUT2D eigenvalue weighted by Gasteiger charge is -2.17. The Morgan fingerprint density at radius 3 is 2.71 bits per heavy atom. The van der Waals surface area contributed by atoms with E-state index >= 15 is 0 Å². The van der Waals surface area contributed by atoms with Gasteiger partial charge in [0.2, 0.25) is 5.88 Å². The molecule has 0 spiro atoms. The van der Waals surface area contributed by atoms with Crippen LogP contribution < -0.4 is 9.64 Å². The fourth-order valence-electron chi connectivity index (χ4n) is 2.82. The maximum Gasteiger partial charge on any atom is 0.257 e. The summed E-state index contributed by atoms with van der Waals surface area (Å²) in [5.74, 6) is 1.26. The van der Waals surface area contributed by atoms with Crippen LogP contribution in [0.5, 0.6) is 5.88 Å². The van der Waals surface area contributed by atoms with Gasteiger partial charge < -0.3 is 14.5 Å². The fraction of sp³-hybridized carbons (Fsp3) is 0.500. The highest BCUT2D eigenvalue weighted by Gasteiger charge is 2.30. The molecule has 0 unspecified atom stereocenters. The van der Waals surface area contributed by atoms with E-state index in [4.69, 9.17) is 4.74 Å². The molecule has 0 bridgehead atoms. The van der Waals surface area contributed by atoms with Crippen LogP contribution in [0.4, 0.5) is 5.82 Å². The first-order valence-electron chi connectivity index (χ1n) is 7.94. The summed E-state index contributed by atoms with van der Waals surface area (Å²) in [6, 6.07) is 3.66. The van der Waals surface area contributed by atoms with Crippen molar-refractivity contribution in [1.29, 1.82) is 0 Å². The normalized spacial score (nSPS) is 17.2. The summed E-state index contributed by atoms with van der Waals surface area (Å²) in [5.41, 5.74) is 2.18. The highest BCUT2D eigenvalue weighted by atomic mass is 16.5. The molecule has 8 nitrogen and oxygen atoms in total. The van der Waals surface area contributed by atoms with Gasteiger partial charge in [-0.15, -0.1) is 10.2 Å². The van der Waals surface area contributed by atoms with Gasteiger partial charge in [-0.25, -0.2) is 0 Å². The van der Waals surface area contributed by atoms with Gasteiger partial charge >= 0.3 is 0 Å². The number of likely N-dealkylation sites (tertiary alicyclic amines) is 1. The maximum absolute atomic E-state index is 12.6. The van der Waals surface area contributed by atoms with E-state index in [2.05, 4.69) is 20.4 Å². The minimum atomic E-state index is -0.0685. The van der Waals surface area contributed by atoms with Crippen molar-refractivity contribution in [1.82, 2.24) is 25.3 Å². The molecule has 1 amide bonds. The van der Waals surface area contributed by atoms with Crippen molar-refractivity contribution in [3.05, 3.63) is 29.1 Å². The van der Waals surface area contributed by atoms with Gasteiger partial charge in [-0.1, -0.05) is 0 Å². The van der Waals surface area contributed by atoms with Crippen LogP contribution >= 0.6 is 0 Å². The van der Waals surface area contributed by atoms with Crippen LogP contribution in [0.2, 0.25) is 0 Å². The molecule has 1 atom stereocenters. The molecule has 0 aromatic carbocycles. The third-order valence-electron chi connectivity index (χ3n) is 4.15. The maximum atomic E-state index is 12.6. The van der Waals surface area contributed by atoms with Gasteiger partial charge in [0, 0.05) is 38.8 Å². The molecule has 1 saturated heterocycles. The molecule has 2 aromatic rings. The molecule has 24 heavy (non-hydrogen) atoms. The Morgan fingerprint density at radius 2 is 2.12 bits per heavy atom. The molecule has 2 aromatic heterocycles. The van der Waals surface area contributed by atoms with Crippen molar-refractivity contribution >= 4 is 11.7 Å². The molecule has 0 saturated carbocycles. The lowest BCUT2D eigenvalue weighted by molar-refractivity contribution is 0.0769. The summed E-state index contributed by atoms with van der Waals surface area (Å²) < 4.78 is 5.86. The van der Waals surface area contributed by atoms with Crippen molar-refractivity contribution < 1.29 is 9.53 Å². The van der Waals surface area contributed by atoms with Crippen molar-refractivity contribution in [3.8, 4) is 5.88 Å². The molecule has 0 aliphatic carbocycles. The number of hydrogen-bond donors (Lipinski definition) is 1. The third-order valence-corrected chi connectivity index (χ3v) is 4.15. The molecule has 3 rings (SSSR count). The Hall–Kier alpha value is -2.64. The number of aromatic nitrogens is 4. The highest BCUT2D eigenvalue weighted by Crippen LogP contribution is 2.21. The Bertz CT molecular complexity index is 705. The topological polar surface area (TPSA) is 87.2 Å². The lowest BCUT2D eigenvalue weighted by Crippen LogP contribution is -2.31. The van der Waals surface area contributed by atoms with Gasteiger partial charge in [0.05, 0.1) is 17.8 Å². The first-order chi connectivity index (χ1) is 11.5. The number of rotatable bonds is 4. The average molecular weight is 330 g/mol. The van der Waals surface area contributed by atoms with Crippen LogP contribution in [0.15, 0.2) is 12.1 Å². The van der Waals surface area contributed by atoms with Gasteiger partial charge in [0.1, 0.15) is 6.10 Å². The van der Waals surface area contributed by atoms with Crippen LogP contribution in [0, 0.1) is 13.8 Å². The van der Waals surface area contributed by atoms with Gasteiger partial charge in [-0.3, -0.25) is 9.89 Å². The SMILES string of the molecule is Cc1n[nH]c(C)c1C(=O)N1CC[C@@H](Oc2ccc(N(C)C)nn2)C1. The number of nitrogens with zero attached hydrogens (tertiary/aromatic N) is 5. The number of aromatic amines is 1. The van der Waals surface area contributed by atoms with Crippen LogP contribution in [0.25, 0.3) is 0 Å². The summed E-state index contributed by atoms with van der Waals surface area (Å²) in [4.78, 5) is 16.3. The molecule has 1 aliphatic heterocycles. The second-order valence-corrected chi connectivity index (χ2v) is 6.21. The molecule has 1 fully saturated rings. The highest BCUT2D eigenvalue weighted by molar-refractivity contribution is 5.96. The second-order valence-electron chi connectivity index (χ2n) is 6.21. The number of carbonyl (C=O) groups excluding carboxylic acids is 1. The second kappa shape index (κ2) is 6.46. The third kappa shape index (κ3) is 3.17. The molecule has 1 N–H and O–H groups in total. The molecule has 3 heterocycles. The first kappa shape index (κ1) is 16.2. The molecule has 1 aliphatic rings. The smallest absolute Gasteiger partial charge is 0.257 e.